The summed E-state index contributed by atoms with van der Waals surface area (Å²) in [4.78, 5) is 0. The van der Waals surface area contributed by atoms with Crippen molar-refractivity contribution in [1.82, 2.24) is 0 Å². The van der Waals surface area contributed by atoms with Crippen LogP contribution < -0.4 is 0 Å². The van der Waals surface area contributed by atoms with Gasteiger partial charge in [-0.15, -0.1) is 0 Å². The van der Waals surface area contributed by atoms with Gasteiger partial charge in [0.15, 0.2) is 0 Å². The highest BCUT2D eigenvalue weighted by molar-refractivity contribution is 5.88. The maximum atomic E-state index is 2.25. The summed E-state index contributed by atoms with van der Waals surface area (Å²) in [6.45, 7) is 10.7. The molecule has 0 aliphatic rings. The third kappa shape index (κ3) is 3.33. The first-order chi connectivity index (χ1) is 7.70. The zero-order chi connectivity index (χ0) is 12.1. The highest BCUT2D eigenvalue weighted by Gasteiger charge is 2.05. The van der Waals surface area contributed by atoms with E-state index in [4.69, 9.17) is 0 Å². The molecule has 0 radical (unpaired) electrons. The molecule has 0 heteroatoms. The number of aryl methyl sites for hydroxylation is 1. The van der Waals surface area contributed by atoms with Crippen molar-refractivity contribution >= 4 is 10.8 Å². The van der Waals surface area contributed by atoms with Crippen LogP contribution in [0.3, 0.4) is 0 Å². The molecule has 0 heterocycles. The molecule has 2 aromatic carbocycles. The van der Waals surface area contributed by atoms with Gasteiger partial charge in [0.1, 0.15) is 0 Å². The Kier molecular flexibility index (Phi) is 6.57. The van der Waals surface area contributed by atoms with E-state index in [0.717, 1.165) is 0 Å². The fourth-order valence-corrected chi connectivity index (χ4v) is 1.98. The van der Waals surface area contributed by atoms with Gasteiger partial charge < -0.3 is 0 Å². The van der Waals surface area contributed by atoms with Crippen molar-refractivity contribution in [3.8, 4) is 0 Å². The van der Waals surface area contributed by atoms with Crippen LogP contribution in [0.15, 0.2) is 36.4 Å². The van der Waals surface area contributed by atoms with E-state index < -0.39 is 0 Å². The molecule has 0 saturated heterocycles. The molecule has 0 amide bonds. The van der Waals surface area contributed by atoms with Gasteiger partial charge in [-0.3, -0.25) is 0 Å². The molecular formula is C17H26. The van der Waals surface area contributed by atoms with E-state index in [1.807, 2.05) is 13.8 Å². The summed E-state index contributed by atoms with van der Waals surface area (Å²) in [5, 5.41) is 2.79. The summed E-state index contributed by atoms with van der Waals surface area (Å²) in [6.07, 6.45) is 0. The van der Waals surface area contributed by atoms with Gasteiger partial charge in [-0.05, 0) is 34.7 Å². The predicted octanol–water partition coefficient (Wildman–Crippen LogP) is 5.93. The summed E-state index contributed by atoms with van der Waals surface area (Å²) in [5.41, 5.74) is 2.82. The molecule has 2 aromatic rings. The van der Waals surface area contributed by atoms with Gasteiger partial charge in [-0.2, -0.15) is 0 Å². The van der Waals surface area contributed by atoms with E-state index in [0.29, 0.717) is 5.92 Å². The molecule has 0 aliphatic heterocycles. The molecule has 0 N–H and O–H groups in total. The van der Waals surface area contributed by atoms with E-state index in [1.165, 1.54) is 21.9 Å². The number of hydrogen-bond acceptors (Lipinski definition) is 0. The van der Waals surface area contributed by atoms with E-state index >= 15 is 0 Å². The number of rotatable bonds is 1. The third-order valence-electron chi connectivity index (χ3n) is 2.80. The molecule has 2 rings (SSSR count). The summed E-state index contributed by atoms with van der Waals surface area (Å²) < 4.78 is 0. The predicted molar refractivity (Wildman–Crippen MR) is 80.9 cm³/mol. The first-order valence-corrected chi connectivity index (χ1v) is 6.18. The van der Waals surface area contributed by atoms with Crippen LogP contribution in [0, 0.1) is 6.92 Å². The zero-order valence-electron chi connectivity index (χ0n) is 11.0. The Bertz CT molecular complexity index is 453. The van der Waals surface area contributed by atoms with Crippen LogP contribution in [0.5, 0.6) is 0 Å². The van der Waals surface area contributed by atoms with Crippen molar-refractivity contribution in [2.75, 3.05) is 0 Å². The van der Waals surface area contributed by atoms with E-state index in [1.54, 1.807) is 0 Å². The second-order valence-corrected chi connectivity index (χ2v) is 4.17. The van der Waals surface area contributed by atoms with Crippen molar-refractivity contribution in [2.45, 2.75) is 48.0 Å². The van der Waals surface area contributed by atoms with Crippen molar-refractivity contribution < 1.29 is 0 Å². The lowest BCUT2D eigenvalue weighted by Crippen LogP contribution is -1.90. The van der Waals surface area contributed by atoms with Crippen LogP contribution in [0.1, 0.15) is 52.2 Å². The van der Waals surface area contributed by atoms with Gasteiger partial charge in [-0.1, -0.05) is 71.5 Å². The Balaban J connectivity index is 0.000000811. The molecule has 0 fully saturated rings. The zero-order valence-corrected chi connectivity index (χ0v) is 11.0. The van der Waals surface area contributed by atoms with E-state index in [-0.39, 0.29) is 7.43 Å². The van der Waals surface area contributed by atoms with Crippen LogP contribution in [-0.2, 0) is 0 Å². The van der Waals surface area contributed by atoms with Gasteiger partial charge in [0, 0.05) is 0 Å². The summed E-state index contributed by atoms with van der Waals surface area (Å²) in [6, 6.07) is 13.1. The van der Waals surface area contributed by atoms with Crippen LogP contribution in [0.25, 0.3) is 10.8 Å². The Labute approximate surface area is 107 Å². The summed E-state index contributed by atoms with van der Waals surface area (Å²) in [5.74, 6) is 0.598. The van der Waals surface area contributed by atoms with Gasteiger partial charge >= 0.3 is 0 Å². The Morgan fingerprint density at radius 2 is 1.35 bits per heavy atom. The average molecular weight is 230 g/mol. The number of hydrogen-bond donors (Lipinski definition) is 0. The maximum absolute atomic E-state index is 2.25. The Morgan fingerprint density at radius 3 is 1.88 bits per heavy atom. The molecular weight excluding hydrogens is 204 g/mol. The lowest BCUT2D eigenvalue weighted by atomic mass is 9.94. The van der Waals surface area contributed by atoms with Gasteiger partial charge in [-0.25, -0.2) is 0 Å². The van der Waals surface area contributed by atoms with Gasteiger partial charge in [0.2, 0.25) is 0 Å². The number of fused-ring (bicyclic) bond motifs is 1. The van der Waals surface area contributed by atoms with Crippen molar-refractivity contribution in [3.63, 3.8) is 0 Å². The Hall–Kier alpha value is -1.30. The molecule has 17 heavy (non-hydrogen) atoms. The van der Waals surface area contributed by atoms with Crippen molar-refractivity contribution in [3.05, 3.63) is 47.5 Å². The SMILES string of the molecule is C.CC.Cc1ccc(C(C)C)c2ccccc12. The fourth-order valence-electron chi connectivity index (χ4n) is 1.98. The minimum Gasteiger partial charge on any atom is -0.0776 e. The second kappa shape index (κ2) is 7.11. The average Bonchev–Trinajstić information content (AvgIpc) is 2.32. The molecule has 0 aromatic heterocycles. The second-order valence-electron chi connectivity index (χ2n) is 4.17. The standard InChI is InChI=1S/C14H16.C2H6.CH4/c1-10(2)12-9-8-11(3)13-6-4-5-7-14(12)13;1-2;/h4-10H,1-3H3;1-2H3;1H4. The minimum atomic E-state index is 0. The largest absolute Gasteiger partial charge is 0.0776 e. The minimum absolute atomic E-state index is 0. The molecule has 0 nitrogen and oxygen atoms in total. The third-order valence-corrected chi connectivity index (χ3v) is 2.80. The molecule has 0 bridgehead atoms. The lowest BCUT2D eigenvalue weighted by Gasteiger charge is -2.11. The monoisotopic (exact) mass is 230 g/mol. The Morgan fingerprint density at radius 1 is 0.824 bits per heavy atom. The van der Waals surface area contributed by atoms with Crippen LogP contribution >= 0.6 is 0 Å². The number of benzene rings is 2. The summed E-state index contributed by atoms with van der Waals surface area (Å²) >= 11 is 0. The topological polar surface area (TPSA) is 0 Å². The van der Waals surface area contributed by atoms with Crippen LogP contribution in [0.4, 0.5) is 0 Å². The molecule has 94 valence electrons. The smallest absolute Gasteiger partial charge is 0.0147 e. The quantitative estimate of drug-likeness (QED) is 0.569. The molecule has 0 saturated carbocycles. The first kappa shape index (κ1) is 15.7. The maximum Gasteiger partial charge on any atom is -0.0147 e. The fraction of sp³-hybridized carbons (Fsp3) is 0.412. The van der Waals surface area contributed by atoms with Crippen LogP contribution in [-0.4, -0.2) is 0 Å². The van der Waals surface area contributed by atoms with Gasteiger partial charge in [0.05, 0.1) is 0 Å². The summed E-state index contributed by atoms with van der Waals surface area (Å²) in [7, 11) is 0. The molecule has 0 atom stereocenters. The first-order valence-electron chi connectivity index (χ1n) is 6.18. The lowest BCUT2D eigenvalue weighted by molar-refractivity contribution is 0.876. The van der Waals surface area contributed by atoms with Crippen molar-refractivity contribution in [2.24, 2.45) is 0 Å². The van der Waals surface area contributed by atoms with Crippen molar-refractivity contribution in [1.29, 1.82) is 0 Å². The highest BCUT2D eigenvalue weighted by atomic mass is 14.1. The van der Waals surface area contributed by atoms with Crippen LogP contribution in [0.2, 0.25) is 0 Å². The van der Waals surface area contributed by atoms with E-state index in [2.05, 4.69) is 57.2 Å². The van der Waals surface area contributed by atoms with E-state index in [9.17, 15) is 0 Å². The molecule has 0 unspecified atom stereocenters. The normalized spacial score (nSPS) is 9.53. The van der Waals surface area contributed by atoms with Gasteiger partial charge in [0.25, 0.3) is 0 Å². The molecule has 0 spiro atoms. The molecule has 0 aliphatic carbocycles. The highest BCUT2D eigenvalue weighted by Crippen LogP contribution is 2.27.